The SMILES string of the molecule is CC(CN)(NC(=O)COc1ccc(C(F)(F)F)cc1)C1CC1.Cl. The van der Waals surface area contributed by atoms with Gasteiger partial charge >= 0.3 is 6.18 Å². The van der Waals surface area contributed by atoms with Crippen LogP contribution in [0.4, 0.5) is 13.2 Å². The van der Waals surface area contributed by atoms with Gasteiger partial charge in [-0.05, 0) is 49.9 Å². The summed E-state index contributed by atoms with van der Waals surface area (Å²) in [5.74, 6) is 0.260. The van der Waals surface area contributed by atoms with Gasteiger partial charge in [0.2, 0.25) is 0 Å². The highest BCUT2D eigenvalue weighted by molar-refractivity contribution is 5.85. The van der Waals surface area contributed by atoms with E-state index in [2.05, 4.69) is 5.32 Å². The summed E-state index contributed by atoms with van der Waals surface area (Å²) in [7, 11) is 0. The third-order valence-electron chi connectivity index (χ3n) is 3.88. The zero-order chi connectivity index (χ0) is 16.4. The maximum Gasteiger partial charge on any atom is 0.416 e. The van der Waals surface area contributed by atoms with E-state index in [1.165, 1.54) is 12.1 Å². The van der Waals surface area contributed by atoms with E-state index in [9.17, 15) is 18.0 Å². The summed E-state index contributed by atoms with van der Waals surface area (Å²) in [6, 6.07) is 4.22. The molecule has 1 aromatic rings. The first kappa shape index (κ1) is 19.6. The van der Waals surface area contributed by atoms with Crippen molar-refractivity contribution in [1.82, 2.24) is 5.32 Å². The zero-order valence-electron chi connectivity index (χ0n) is 12.7. The van der Waals surface area contributed by atoms with Gasteiger partial charge in [-0.15, -0.1) is 12.4 Å². The van der Waals surface area contributed by atoms with Crippen molar-refractivity contribution in [1.29, 1.82) is 0 Å². The Morgan fingerprint density at radius 2 is 1.87 bits per heavy atom. The molecule has 8 heteroatoms. The Kier molecular flexibility index (Phi) is 6.30. The van der Waals surface area contributed by atoms with E-state index in [0.29, 0.717) is 12.5 Å². The lowest BCUT2D eigenvalue weighted by Gasteiger charge is -2.29. The predicted octanol–water partition coefficient (Wildman–Crippen LogP) is 2.75. The Labute approximate surface area is 139 Å². The van der Waals surface area contributed by atoms with Crippen LogP contribution in [0.5, 0.6) is 5.75 Å². The number of alkyl halides is 3. The molecule has 1 aliphatic rings. The number of halogens is 4. The van der Waals surface area contributed by atoms with Crippen molar-refractivity contribution < 1.29 is 22.7 Å². The van der Waals surface area contributed by atoms with Gasteiger partial charge in [0, 0.05) is 6.54 Å². The molecule has 3 N–H and O–H groups in total. The molecule has 130 valence electrons. The first-order valence-electron chi connectivity index (χ1n) is 7.06. The molecule has 0 heterocycles. The maximum absolute atomic E-state index is 12.4. The summed E-state index contributed by atoms with van der Waals surface area (Å²) in [6.07, 6.45) is -2.31. The first-order valence-corrected chi connectivity index (χ1v) is 7.06. The third kappa shape index (κ3) is 5.28. The Balaban J connectivity index is 0.00000264. The lowest BCUT2D eigenvalue weighted by Crippen LogP contribution is -2.54. The highest BCUT2D eigenvalue weighted by Crippen LogP contribution is 2.38. The van der Waals surface area contributed by atoms with Crippen molar-refractivity contribution in [3.8, 4) is 5.75 Å². The van der Waals surface area contributed by atoms with Crippen molar-refractivity contribution in [3.05, 3.63) is 29.8 Å². The lowest BCUT2D eigenvalue weighted by molar-refractivity contribution is -0.137. The first-order chi connectivity index (χ1) is 10.2. The van der Waals surface area contributed by atoms with Crippen LogP contribution in [0.15, 0.2) is 24.3 Å². The molecule has 0 aliphatic heterocycles. The van der Waals surface area contributed by atoms with Gasteiger partial charge in [-0.2, -0.15) is 13.2 Å². The van der Waals surface area contributed by atoms with Crippen LogP contribution in [-0.2, 0) is 11.0 Å². The van der Waals surface area contributed by atoms with E-state index in [0.717, 1.165) is 25.0 Å². The number of carbonyl (C=O) groups is 1. The maximum atomic E-state index is 12.4. The Morgan fingerprint density at radius 3 is 2.30 bits per heavy atom. The summed E-state index contributed by atoms with van der Waals surface area (Å²) < 4.78 is 42.5. The number of rotatable bonds is 6. The topological polar surface area (TPSA) is 64.3 Å². The number of ether oxygens (including phenoxy) is 1. The molecule has 0 aromatic heterocycles. The molecule has 4 nitrogen and oxygen atoms in total. The smallest absolute Gasteiger partial charge is 0.416 e. The molecule has 0 saturated heterocycles. The van der Waals surface area contributed by atoms with Crippen LogP contribution in [0.25, 0.3) is 0 Å². The van der Waals surface area contributed by atoms with E-state index >= 15 is 0 Å². The summed E-state index contributed by atoms with van der Waals surface area (Å²) in [5, 5.41) is 2.84. The number of hydrogen-bond donors (Lipinski definition) is 2. The quantitative estimate of drug-likeness (QED) is 0.827. The minimum atomic E-state index is -4.39. The summed E-state index contributed by atoms with van der Waals surface area (Å²) in [4.78, 5) is 11.9. The zero-order valence-corrected chi connectivity index (χ0v) is 13.5. The van der Waals surface area contributed by atoms with E-state index in [1.54, 1.807) is 0 Å². The van der Waals surface area contributed by atoms with Gasteiger partial charge in [0.1, 0.15) is 5.75 Å². The molecular weight excluding hydrogens is 333 g/mol. The minimum absolute atomic E-state index is 0. The average Bonchev–Trinajstić information content (AvgIpc) is 3.29. The largest absolute Gasteiger partial charge is 0.484 e. The normalized spacial score (nSPS) is 16.9. The molecule has 23 heavy (non-hydrogen) atoms. The van der Waals surface area contributed by atoms with Gasteiger partial charge in [-0.25, -0.2) is 0 Å². The molecule has 1 aromatic carbocycles. The fourth-order valence-corrected chi connectivity index (χ4v) is 2.28. The Morgan fingerprint density at radius 1 is 1.30 bits per heavy atom. The van der Waals surface area contributed by atoms with Crippen molar-refractivity contribution in [2.75, 3.05) is 13.2 Å². The van der Waals surface area contributed by atoms with Gasteiger partial charge in [0.15, 0.2) is 6.61 Å². The van der Waals surface area contributed by atoms with Crippen molar-refractivity contribution in [3.63, 3.8) is 0 Å². The van der Waals surface area contributed by atoms with Crippen molar-refractivity contribution >= 4 is 18.3 Å². The second-order valence-corrected chi connectivity index (χ2v) is 5.75. The van der Waals surface area contributed by atoms with Crippen LogP contribution in [0.3, 0.4) is 0 Å². The van der Waals surface area contributed by atoms with Gasteiger partial charge < -0.3 is 15.8 Å². The molecule has 0 bridgehead atoms. The van der Waals surface area contributed by atoms with E-state index < -0.39 is 17.3 Å². The second kappa shape index (κ2) is 7.40. The standard InChI is InChI=1S/C15H19F3N2O2.ClH/c1-14(9-19,10-2-3-10)20-13(21)8-22-12-6-4-11(5-7-12)15(16,17)18;/h4-7,10H,2-3,8-9,19H2,1H3,(H,20,21);1H. The fourth-order valence-electron chi connectivity index (χ4n) is 2.28. The van der Waals surface area contributed by atoms with Gasteiger partial charge in [0.25, 0.3) is 5.91 Å². The number of nitrogens with two attached hydrogens (primary N) is 1. The molecule has 2 rings (SSSR count). The fraction of sp³-hybridized carbons (Fsp3) is 0.533. The van der Waals surface area contributed by atoms with Crippen LogP contribution in [0.1, 0.15) is 25.3 Å². The van der Waals surface area contributed by atoms with E-state index in [-0.39, 0.29) is 30.7 Å². The number of carbonyl (C=O) groups excluding carboxylic acids is 1. The molecular formula is C15H20ClF3N2O2. The van der Waals surface area contributed by atoms with E-state index in [4.69, 9.17) is 10.5 Å². The third-order valence-corrected chi connectivity index (χ3v) is 3.88. The molecule has 1 saturated carbocycles. The molecule has 0 radical (unpaired) electrons. The second-order valence-electron chi connectivity index (χ2n) is 5.75. The highest BCUT2D eigenvalue weighted by Gasteiger charge is 2.41. The Bertz CT molecular complexity index is 533. The van der Waals surface area contributed by atoms with Crippen LogP contribution in [-0.4, -0.2) is 24.6 Å². The van der Waals surface area contributed by atoms with Crippen LogP contribution in [0, 0.1) is 5.92 Å². The number of amides is 1. The highest BCUT2D eigenvalue weighted by atomic mass is 35.5. The molecule has 1 amide bonds. The van der Waals surface area contributed by atoms with Crippen LogP contribution >= 0.6 is 12.4 Å². The molecule has 1 fully saturated rings. The minimum Gasteiger partial charge on any atom is -0.484 e. The molecule has 0 spiro atoms. The average molecular weight is 353 g/mol. The van der Waals surface area contributed by atoms with Crippen LogP contribution < -0.4 is 15.8 Å². The monoisotopic (exact) mass is 352 g/mol. The number of nitrogens with one attached hydrogen (secondary N) is 1. The molecule has 1 aliphatic carbocycles. The van der Waals surface area contributed by atoms with Crippen LogP contribution in [0.2, 0.25) is 0 Å². The summed E-state index contributed by atoms with van der Waals surface area (Å²) >= 11 is 0. The van der Waals surface area contributed by atoms with Gasteiger partial charge in [-0.3, -0.25) is 4.79 Å². The lowest BCUT2D eigenvalue weighted by atomic mass is 9.96. The summed E-state index contributed by atoms with van der Waals surface area (Å²) in [5.41, 5.74) is 4.50. The van der Waals surface area contributed by atoms with Crippen molar-refractivity contribution in [2.45, 2.75) is 31.5 Å². The van der Waals surface area contributed by atoms with Gasteiger partial charge in [-0.1, -0.05) is 0 Å². The Hall–Kier alpha value is -1.47. The molecule has 1 atom stereocenters. The molecule has 1 unspecified atom stereocenters. The van der Waals surface area contributed by atoms with Gasteiger partial charge in [0.05, 0.1) is 11.1 Å². The van der Waals surface area contributed by atoms with E-state index in [1.807, 2.05) is 6.92 Å². The number of hydrogen-bond acceptors (Lipinski definition) is 3. The van der Waals surface area contributed by atoms with Crippen molar-refractivity contribution in [2.24, 2.45) is 11.7 Å². The summed E-state index contributed by atoms with van der Waals surface area (Å²) in [6.45, 7) is 1.97. The number of benzene rings is 1. The predicted molar refractivity (Wildman–Crippen MR) is 82.5 cm³/mol.